The Morgan fingerprint density at radius 2 is 1.78 bits per heavy atom. The number of rotatable bonds is 5. The Morgan fingerprint density at radius 3 is 2.41 bits per heavy atom. The fourth-order valence-corrected chi connectivity index (χ4v) is 4.99. The van der Waals surface area contributed by atoms with E-state index in [4.69, 9.17) is 23.2 Å². The molecule has 0 atom stereocenters. The minimum absolute atomic E-state index is 0.252. The predicted molar refractivity (Wildman–Crippen MR) is 111 cm³/mol. The van der Waals surface area contributed by atoms with E-state index >= 15 is 0 Å². The average Bonchev–Trinajstić information content (AvgIpc) is 3.20. The summed E-state index contributed by atoms with van der Waals surface area (Å²) in [5.41, 5.74) is 1.20. The standard InChI is InChI=1S/C18H14Cl2N2O3S2/c1-22(27(24,25)17-3-2-10-26-17)14-7-4-12(5-8-14)18(23)21-16-11-13(19)6-9-15(16)20/h2-11H,1H3,(H,21,23). The number of anilines is 2. The van der Waals surface area contributed by atoms with Crippen molar-refractivity contribution in [3.05, 3.63) is 75.6 Å². The van der Waals surface area contributed by atoms with Crippen molar-refractivity contribution in [1.82, 2.24) is 0 Å². The van der Waals surface area contributed by atoms with Crippen molar-refractivity contribution in [3.63, 3.8) is 0 Å². The summed E-state index contributed by atoms with van der Waals surface area (Å²) >= 11 is 13.1. The number of nitrogens with one attached hydrogen (secondary N) is 1. The van der Waals surface area contributed by atoms with Crippen LogP contribution in [0.3, 0.4) is 0 Å². The molecule has 0 spiro atoms. The fraction of sp³-hybridized carbons (Fsp3) is 0.0556. The van der Waals surface area contributed by atoms with Crippen molar-refractivity contribution in [2.45, 2.75) is 4.21 Å². The van der Waals surface area contributed by atoms with E-state index in [1.165, 1.54) is 11.4 Å². The van der Waals surface area contributed by atoms with E-state index in [0.717, 1.165) is 11.3 Å². The van der Waals surface area contributed by atoms with Crippen molar-refractivity contribution >= 4 is 61.8 Å². The smallest absolute Gasteiger partial charge is 0.273 e. The predicted octanol–water partition coefficient (Wildman–Crippen LogP) is 5.13. The van der Waals surface area contributed by atoms with E-state index in [1.807, 2.05) is 0 Å². The highest BCUT2D eigenvalue weighted by Gasteiger charge is 2.22. The molecule has 0 aliphatic carbocycles. The van der Waals surface area contributed by atoms with Crippen LogP contribution >= 0.6 is 34.5 Å². The van der Waals surface area contributed by atoms with Crippen molar-refractivity contribution in [1.29, 1.82) is 0 Å². The third-order valence-electron chi connectivity index (χ3n) is 3.78. The summed E-state index contributed by atoms with van der Waals surface area (Å²) in [4.78, 5) is 12.4. The van der Waals surface area contributed by atoms with E-state index < -0.39 is 10.0 Å². The molecule has 1 heterocycles. The van der Waals surface area contributed by atoms with Crippen LogP contribution in [0.15, 0.2) is 64.2 Å². The number of thiophene rings is 1. The van der Waals surface area contributed by atoms with Gasteiger partial charge in [0.1, 0.15) is 4.21 Å². The van der Waals surface area contributed by atoms with E-state index in [9.17, 15) is 13.2 Å². The highest BCUT2D eigenvalue weighted by molar-refractivity contribution is 7.94. The summed E-state index contributed by atoms with van der Waals surface area (Å²) in [6.45, 7) is 0. The lowest BCUT2D eigenvalue weighted by molar-refractivity contribution is 0.102. The van der Waals surface area contributed by atoms with E-state index in [-0.39, 0.29) is 10.1 Å². The first-order chi connectivity index (χ1) is 12.8. The second-order valence-electron chi connectivity index (χ2n) is 5.53. The van der Waals surface area contributed by atoms with Crippen LogP contribution in [0.4, 0.5) is 11.4 Å². The van der Waals surface area contributed by atoms with Gasteiger partial charge in [-0.3, -0.25) is 9.10 Å². The van der Waals surface area contributed by atoms with Gasteiger partial charge in [-0.15, -0.1) is 11.3 Å². The van der Waals surface area contributed by atoms with Gasteiger partial charge in [0.25, 0.3) is 15.9 Å². The summed E-state index contributed by atoms with van der Waals surface area (Å²) in [6, 6.07) is 14.2. The lowest BCUT2D eigenvalue weighted by atomic mass is 10.2. The zero-order chi connectivity index (χ0) is 19.6. The van der Waals surface area contributed by atoms with Gasteiger partial charge in [0, 0.05) is 17.6 Å². The SMILES string of the molecule is CN(c1ccc(C(=O)Nc2cc(Cl)ccc2Cl)cc1)S(=O)(=O)c1cccs1. The molecular weight excluding hydrogens is 427 g/mol. The van der Waals surface area contributed by atoms with E-state index in [0.29, 0.717) is 27.0 Å². The summed E-state index contributed by atoms with van der Waals surface area (Å²) < 4.78 is 26.5. The third-order valence-corrected chi connectivity index (χ3v) is 7.50. The van der Waals surface area contributed by atoms with Crippen LogP contribution in [-0.2, 0) is 10.0 Å². The first kappa shape index (κ1) is 19.7. The van der Waals surface area contributed by atoms with Gasteiger partial charge in [0.05, 0.1) is 16.4 Å². The second kappa shape index (κ2) is 7.90. The van der Waals surface area contributed by atoms with Gasteiger partial charge in [-0.2, -0.15) is 0 Å². The molecule has 0 saturated heterocycles. The van der Waals surface area contributed by atoms with Gasteiger partial charge in [0.2, 0.25) is 0 Å². The maximum Gasteiger partial charge on any atom is 0.273 e. The third kappa shape index (κ3) is 4.27. The van der Waals surface area contributed by atoms with Crippen LogP contribution in [0.5, 0.6) is 0 Å². The molecule has 1 amide bonds. The molecule has 0 radical (unpaired) electrons. The minimum Gasteiger partial charge on any atom is -0.321 e. The van der Waals surface area contributed by atoms with Crippen LogP contribution in [0.25, 0.3) is 0 Å². The Labute approximate surface area is 171 Å². The number of sulfonamides is 1. The molecule has 27 heavy (non-hydrogen) atoms. The molecule has 0 saturated carbocycles. The molecule has 3 rings (SSSR count). The molecule has 1 N–H and O–H groups in total. The molecule has 2 aromatic carbocycles. The molecule has 0 unspecified atom stereocenters. The maximum atomic E-state index is 12.6. The summed E-state index contributed by atoms with van der Waals surface area (Å²) in [6.07, 6.45) is 0. The Morgan fingerprint density at radius 1 is 1.07 bits per heavy atom. The molecule has 140 valence electrons. The largest absolute Gasteiger partial charge is 0.321 e. The molecule has 1 aromatic heterocycles. The number of carbonyl (C=O) groups excluding carboxylic acids is 1. The van der Waals surface area contributed by atoms with Gasteiger partial charge in [-0.05, 0) is 53.9 Å². The Hall–Kier alpha value is -2.06. The highest BCUT2D eigenvalue weighted by Crippen LogP contribution is 2.27. The first-order valence-electron chi connectivity index (χ1n) is 7.68. The summed E-state index contributed by atoms with van der Waals surface area (Å²) in [7, 11) is -2.15. The average molecular weight is 441 g/mol. The Balaban J connectivity index is 1.79. The zero-order valence-corrected chi connectivity index (χ0v) is 17.2. The van der Waals surface area contributed by atoms with Gasteiger partial charge in [-0.25, -0.2) is 8.42 Å². The van der Waals surface area contributed by atoms with Gasteiger partial charge in [0.15, 0.2) is 0 Å². The normalized spacial score (nSPS) is 11.2. The van der Waals surface area contributed by atoms with E-state index in [2.05, 4.69) is 5.32 Å². The number of halogens is 2. The minimum atomic E-state index is -3.62. The second-order valence-corrected chi connectivity index (χ2v) is 9.52. The van der Waals surface area contributed by atoms with Crippen LogP contribution in [0.1, 0.15) is 10.4 Å². The summed E-state index contributed by atoms with van der Waals surface area (Å²) in [5.74, 6) is -0.380. The molecule has 0 aliphatic rings. The molecule has 0 aliphatic heterocycles. The van der Waals surface area contributed by atoms with Crippen LogP contribution in [0.2, 0.25) is 10.0 Å². The maximum absolute atomic E-state index is 12.6. The van der Waals surface area contributed by atoms with Crippen molar-refractivity contribution < 1.29 is 13.2 Å². The fourth-order valence-electron chi connectivity index (χ4n) is 2.29. The number of carbonyl (C=O) groups is 1. The molecule has 0 bridgehead atoms. The number of hydrogen-bond acceptors (Lipinski definition) is 4. The van der Waals surface area contributed by atoms with Crippen LogP contribution in [-0.4, -0.2) is 21.4 Å². The number of amides is 1. The summed E-state index contributed by atoms with van der Waals surface area (Å²) in [5, 5.41) is 5.20. The first-order valence-corrected chi connectivity index (χ1v) is 10.8. The number of hydrogen-bond donors (Lipinski definition) is 1. The molecule has 5 nitrogen and oxygen atoms in total. The quantitative estimate of drug-likeness (QED) is 0.597. The van der Waals surface area contributed by atoms with Crippen molar-refractivity contribution in [2.75, 3.05) is 16.7 Å². The molecule has 0 fully saturated rings. The zero-order valence-electron chi connectivity index (χ0n) is 14.0. The van der Waals surface area contributed by atoms with E-state index in [1.54, 1.807) is 60.0 Å². The van der Waals surface area contributed by atoms with Gasteiger partial charge < -0.3 is 5.32 Å². The molecule has 9 heteroatoms. The lowest BCUT2D eigenvalue weighted by Crippen LogP contribution is -2.25. The Kier molecular flexibility index (Phi) is 5.76. The molecular formula is C18H14Cl2N2O3S2. The Bertz CT molecular complexity index is 1070. The molecule has 3 aromatic rings. The van der Waals surface area contributed by atoms with Gasteiger partial charge >= 0.3 is 0 Å². The lowest BCUT2D eigenvalue weighted by Gasteiger charge is -2.18. The van der Waals surface area contributed by atoms with Gasteiger partial charge in [-0.1, -0.05) is 29.3 Å². The van der Waals surface area contributed by atoms with Crippen LogP contribution < -0.4 is 9.62 Å². The highest BCUT2D eigenvalue weighted by atomic mass is 35.5. The number of nitrogens with zero attached hydrogens (tertiary/aromatic N) is 1. The van der Waals surface area contributed by atoms with Crippen molar-refractivity contribution in [3.8, 4) is 0 Å². The van der Waals surface area contributed by atoms with Crippen LogP contribution in [0, 0.1) is 0 Å². The van der Waals surface area contributed by atoms with Crippen molar-refractivity contribution in [2.24, 2.45) is 0 Å². The topological polar surface area (TPSA) is 66.5 Å². The monoisotopic (exact) mass is 440 g/mol. The number of benzene rings is 2.